The van der Waals surface area contributed by atoms with Gasteiger partial charge >= 0.3 is 11.9 Å². The predicted octanol–water partition coefficient (Wildman–Crippen LogP) is 2.96. The van der Waals surface area contributed by atoms with Crippen LogP contribution in [0.3, 0.4) is 0 Å². The van der Waals surface area contributed by atoms with E-state index >= 15 is 0 Å². The minimum atomic E-state index is -0.526. The summed E-state index contributed by atoms with van der Waals surface area (Å²) in [5.74, 6) is -0.518. The monoisotopic (exact) mass is 302 g/mol. The Labute approximate surface area is 128 Å². The number of hydrogen-bond acceptors (Lipinski definition) is 5. The summed E-state index contributed by atoms with van der Waals surface area (Å²) in [6.07, 6.45) is -0.579. The third-order valence-electron chi connectivity index (χ3n) is 2.60. The lowest BCUT2D eigenvalue weighted by molar-refractivity contribution is -0.163. The van der Waals surface area contributed by atoms with E-state index in [0.717, 1.165) is 0 Å². The van der Waals surface area contributed by atoms with Crippen molar-refractivity contribution in [3.05, 3.63) is 0 Å². The molecule has 124 valence electrons. The van der Waals surface area contributed by atoms with E-state index in [2.05, 4.69) is 0 Å². The molecule has 0 heterocycles. The minimum Gasteiger partial charge on any atom is -0.463 e. The van der Waals surface area contributed by atoms with Crippen molar-refractivity contribution in [1.29, 1.82) is 0 Å². The van der Waals surface area contributed by atoms with Gasteiger partial charge in [0.2, 0.25) is 0 Å². The summed E-state index contributed by atoms with van der Waals surface area (Å²) in [6.45, 7) is 14.9. The van der Waals surface area contributed by atoms with E-state index in [4.69, 9.17) is 14.2 Å². The molecule has 0 aliphatic carbocycles. The van der Waals surface area contributed by atoms with Crippen molar-refractivity contribution >= 4 is 11.9 Å². The van der Waals surface area contributed by atoms with Gasteiger partial charge in [-0.05, 0) is 55.4 Å². The highest BCUT2D eigenvalue weighted by molar-refractivity contribution is 5.75. The molecule has 0 amide bonds. The summed E-state index contributed by atoms with van der Waals surface area (Å²) in [7, 11) is 0. The number of hydrogen-bond donors (Lipinski definition) is 0. The van der Waals surface area contributed by atoms with Crippen LogP contribution in [0.1, 0.15) is 55.4 Å². The first kappa shape index (κ1) is 19.9. The minimum absolute atomic E-state index is 0.191. The maximum atomic E-state index is 11.7. The average molecular weight is 302 g/mol. The number of esters is 2. The fraction of sp³-hybridized carbons (Fsp3) is 0.875. The highest BCUT2D eigenvalue weighted by atomic mass is 16.6. The molecule has 0 aromatic rings. The van der Waals surface area contributed by atoms with E-state index < -0.39 is 10.8 Å². The van der Waals surface area contributed by atoms with Crippen LogP contribution >= 0.6 is 0 Å². The SMILES string of the molecule is CC(COC(=O)C(C)(C)C)OCC(C)OC(=O)C(C)(C)C. The fourth-order valence-corrected chi connectivity index (χ4v) is 1.15. The topological polar surface area (TPSA) is 61.8 Å². The predicted molar refractivity (Wildman–Crippen MR) is 80.8 cm³/mol. The standard InChI is InChI=1S/C16H30O5/c1-11(9-20-13(17)15(3,4)5)19-10-12(2)21-14(18)16(6,7)8/h11-12H,9-10H2,1-8H3. The van der Waals surface area contributed by atoms with Gasteiger partial charge in [-0.25, -0.2) is 0 Å². The summed E-state index contributed by atoms with van der Waals surface area (Å²) in [5.41, 5.74) is -1.04. The van der Waals surface area contributed by atoms with Crippen molar-refractivity contribution in [3.8, 4) is 0 Å². The smallest absolute Gasteiger partial charge is 0.311 e. The van der Waals surface area contributed by atoms with Gasteiger partial charge in [0.05, 0.1) is 23.5 Å². The lowest BCUT2D eigenvalue weighted by atomic mass is 9.97. The van der Waals surface area contributed by atoms with Crippen LogP contribution in [0.4, 0.5) is 0 Å². The van der Waals surface area contributed by atoms with Gasteiger partial charge in [-0.1, -0.05) is 0 Å². The first-order valence-electron chi connectivity index (χ1n) is 7.34. The maximum Gasteiger partial charge on any atom is 0.311 e. The first-order chi connectivity index (χ1) is 9.34. The Hall–Kier alpha value is -1.10. The molecule has 0 aromatic heterocycles. The highest BCUT2D eigenvalue weighted by Gasteiger charge is 2.26. The zero-order valence-electron chi connectivity index (χ0n) is 14.6. The van der Waals surface area contributed by atoms with Crippen molar-refractivity contribution in [2.45, 2.75) is 67.6 Å². The number of carbonyl (C=O) groups is 2. The molecule has 21 heavy (non-hydrogen) atoms. The van der Waals surface area contributed by atoms with E-state index in [1.54, 1.807) is 48.5 Å². The molecule has 0 aromatic carbocycles. The third kappa shape index (κ3) is 8.71. The van der Waals surface area contributed by atoms with Crippen molar-refractivity contribution in [2.24, 2.45) is 10.8 Å². The number of ether oxygens (including phenoxy) is 3. The van der Waals surface area contributed by atoms with Gasteiger partial charge in [-0.15, -0.1) is 0 Å². The summed E-state index contributed by atoms with van der Waals surface area (Å²) in [6, 6.07) is 0. The van der Waals surface area contributed by atoms with E-state index in [9.17, 15) is 9.59 Å². The normalized spacial score (nSPS) is 15.2. The van der Waals surface area contributed by atoms with Crippen LogP contribution in [-0.4, -0.2) is 37.4 Å². The Morgan fingerprint density at radius 2 is 1.29 bits per heavy atom. The molecular formula is C16H30O5. The molecule has 2 atom stereocenters. The zero-order chi connectivity index (χ0) is 16.8. The molecule has 0 saturated carbocycles. The summed E-state index contributed by atoms with van der Waals surface area (Å²) >= 11 is 0. The van der Waals surface area contributed by atoms with Crippen LogP contribution < -0.4 is 0 Å². The van der Waals surface area contributed by atoms with Crippen molar-refractivity contribution in [3.63, 3.8) is 0 Å². The Morgan fingerprint density at radius 1 is 0.810 bits per heavy atom. The van der Waals surface area contributed by atoms with Gasteiger partial charge in [0.25, 0.3) is 0 Å². The van der Waals surface area contributed by atoms with Crippen molar-refractivity contribution < 1.29 is 23.8 Å². The Morgan fingerprint density at radius 3 is 1.71 bits per heavy atom. The van der Waals surface area contributed by atoms with Crippen LogP contribution in [0.25, 0.3) is 0 Å². The Kier molecular flexibility index (Phi) is 7.37. The van der Waals surface area contributed by atoms with Crippen LogP contribution in [0, 0.1) is 10.8 Å². The highest BCUT2D eigenvalue weighted by Crippen LogP contribution is 2.17. The van der Waals surface area contributed by atoms with Crippen LogP contribution in [-0.2, 0) is 23.8 Å². The van der Waals surface area contributed by atoms with Crippen molar-refractivity contribution in [2.75, 3.05) is 13.2 Å². The molecule has 0 fully saturated rings. The van der Waals surface area contributed by atoms with Gasteiger partial charge in [0, 0.05) is 0 Å². The Balaban J connectivity index is 4.01. The van der Waals surface area contributed by atoms with Gasteiger partial charge in [-0.3, -0.25) is 9.59 Å². The molecule has 0 aliphatic heterocycles. The van der Waals surface area contributed by atoms with E-state index in [1.165, 1.54) is 0 Å². The molecule has 5 nitrogen and oxygen atoms in total. The van der Waals surface area contributed by atoms with E-state index in [0.29, 0.717) is 0 Å². The second kappa shape index (κ2) is 7.78. The van der Waals surface area contributed by atoms with Gasteiger partial charge in [0.15, 0.2) is 0 Å². The molecule has 0 rings (SSSR count). The number of carbonyl (C=O) groups excluding carboxylic acids is 2. The van der Waals surface area contributed by atoms with Gasteiger partial charge in [-0.2, -0.15) is 0 Å². The van der Waals surface area contributed by atoms with Gasteiger partial charge < -0.3 is 14.2 Å². The molecule has 0 saturated heterocycles. The first-order valence-corrected chi connectivity index (χ1v) is 7.34. The lowest BCUT2D eigenvalue weighted by Crippen LogP contribution is -2.31. The summed E-state index contributed by atoms with van der Waals surface area (Å²) in [4.78, 5) is 23.3. The number of rotatable bonds is 6. The molecule has 0 aliphatic rings. The second-order valence-electron chi connectivity index (χ2n) is 7.46. The molecule has 5 heteroatoms. The van der Waals surface area contributed by atoms with E-state index in [1.807, 2.05) is 6.92 Å². The fourth-order valence-electron chi connectivity index (χ4n) is 1.15. The van der Waals surface area contributed by atoms with Crippen LogP contribution in [0.2, 0.25) is 0 Å². The quantitative estimate of drug-likeness (QED) is 0.706. The van der Waals surface area contributed by atoms with Gasteiger partial charge in [0.1, 0.15) is 12.7 Å². The second-order valence-corrected chi connectivity index (χ2v) is 7.46. The van der Waals surface area contributed by atoms with Crippen molar-refractivity contribution in [1.82, 2.24) is 0 Å². The molecular weight excluding hydrogens is 272 g/mol. The summed E-state index contributed by atoms with van der Waals surface area (Å²) in [5, 5.41) is 0. The van der Waals surface area contributed by atoms with Crippen LogP contribution in [0.15, 0.2) is 0 Å². The zero-order valence-corrected chi connectivity index (χ0v) is 14.6. The molecule has 0 N–H and O–H groups in total. The largest absolute Gasteiger partial charge is 0.463 e. The molecule has 0 spiro atoms. The maximum absolute atomic E-state index is 11.7. The lowest BCUT2D eigenvalue weighted by Gasteiger charge is -2.23. The van der Waals surface area contributed by atoms with E-state index in [-0.39, 0.29) is 37.4 Å². The molecule has 0 bridgehead atoms. The molecule has 2 unspecified atom stereocenters. The average Bonchev–Trinajstić information content (AvgIpc) is 2.30. The third-order valence-corrected chi connectivity index (χ3v) is 2.60. The Bertz CT molecular complexity index is 349. The van der Waals surface area contributed by atoms with Crippen LogP contribution in [0.5, 0.6) is 0 Å². The summed E-state index contributed by atoms with van der Waals surface area (Å²) < 4.78 is 16.0. The molecule has 0 radical (unpaired) electrons.